The summed E-state index contributed by atoms with van der Waals surface area (Å²) in [6.45, 7) is 3.04. The van der Waals surface area contributed by atoms with E-state index >= 15 is 0 Å². The van der Waals surface area contributed by atoms with Gasteiger partial charge >= 0.3 is 0 Å². The van der Waals surface area contributed by atoms with E-state index in [1.54, 1.807) is 13.3 Å². The van der Waals surface area contributed by atoms with Crippen LogP contribution < -0.4 is 19.5 Å². The summed E-state index contributed by atoms with van der Waals surface area (Å²) in [6, 6.07) is 14.0. The van der Waals surface area contributed by atoms with Gasteiger partial charge in [0.05, 0.1) is 31.9 Å². The van der Waals surface area contributed by atoms with E-state index in [-0.39, 0.29) is 12.3 Å². The standard InChI is InChI=1S/C25H26N2O5/c1-28-20-4-5-22-21(13-20)18(8-9-26-22)3-7-25-31-15-19(16-32-25)27-14-17-2-6-23-24(12-17)30-11-10-29-23/h2-9,12-13,19,25,27H,10-11,14-16H2,1H3/b7-3+/t19-,25-. The first-order valence-corrected chi connectivity index (χ1v) is 10.7. The van der Waals surface area contributed by atoms with Gasteiger partial charge in [-0.1, -0.05) is 12.1 Å². The van der Waals surface area contributed by atoms with E-state index in [1.807, 2.05) is 54.6 Å². The first kappa shape index (κ1) is 20.8. The molecule has 0 saturated carbocycles. The van der Waals surface area contributed by atoms with Crippen molar-refractivity contribution in [2.45, 2.75) is 18.9 Å². The van der Waals surface area contributed by atoms with Crippen molar-refractivity contribution in [1.82, 2.24) is 10.3 Å². The molecule has 0 bridgehead atoms. The number of benzene rings is 2. The van der Waals surface area contributed by atoms with Crippen LogP contribution in [0.5, 0.6) is 17.2 Å². The number of nitrogens with one attached hydrogen (secondary N) is 1. The molecule has 7 heteroatoms. The predicted molar refractivity (Wildman–Crippen MR) is 121 cm³/mol. The van der Waals surface area contributed by atoms with E-state index < -0.39 is 0 Å². The third-order valence-corrected chi connectivity index (χ3v) is 5.54. The Labute approximate surface area is 186 Å². The molecule has 2 aliphatic heterocycles. The Morgan fingerprint density at radius 2 is 1.88 bits per heavy atom. The van der Waals surface area contributed by atoms with Crippen molar-refractivity contribution in [1.29, 1.82) is 0 Å². The molecule has 1 saturated heterocycles. The summed E-state index contributed by atoms with van der Waals surface area (Å²) in [5.41, 5.74) is 3.10. The molecule has 0 radical (unpaired) electrons. The van der Waals surface area contributed by atoms with Gasteiger partial charge in [0.25, 0.3) is 0 Å². The summed E-state index contributed by atoms with van der Waals surface area (Å²) >= 11 is 0. The summed E-state index contributed by atoms with van der Waals surface area (Å²) in [5.74, 6) is 2.41. The van der Waals surface area contributed by atoms with Crippen LogP contribution >= 0.6 is 0 Å². The number of hydrogen-bond acceptors (Lipinski definition) is 7. The van der Waals surface area contributed by atoms with Crippen molar-refractivity contribution in [3.63, 3.8) is 0 Å². The van der Waals surface area contributed by atoms with Gasteiger partial charge in [-0.25, -0.2) is 0 Å². The van der Waals surface area contributed by atoms with Crippen LogP contribution in [0, 0.1) is 0 Å². The number of methoxy groups -OCH3 is 1. The SMILES string of the molecule is COc1ccc2nccc(/C=C/[C@H]3OC[C@H](NCc4ccc5c(c4)OCCO5)CO3)c2c1. The summed E-state index contributed by atoms with van der Waals surface area (Å²) in [5, 5.41) is 4.51. The second-order valence-electron chi connectivity index (χ2n) is 7.73. The fraction of sp³-hybridized carbons (Fsp3) is 0.320. The zero-order valence-electron chi connectivity index (χ0n) is 18.0. The molecule has 0 spiro atoms. The van der Waals surface area contributed by atoms with Crippen molar-refractivity contribution >= 4 is 17.0 Å². The van der Waals surface area contributed by atoms with Gasteiger partial charge in [-0.3, -0.25) is 4.98 Å². The summed E-state index contributed by atoms with van der Waals surface area (Å²) in [4.78, 5) is 4.42. The average Bonchev–Trinajstić information content (AvgIpc) is 2.86. The van der Waals surface area contributed by atoms with Gasteiger partial charge < -0.3 is 29.0 Å². The maximum Gasteiger partial charge on any atom is 0.177 e. The van der Waals surface area contributed by atoms with Gasteiger partial charge in [-0.05, 0) is 53.6 Å². The zero-order valence-corrected chi connectivity index (χ0v) is 18.0. The van der Waals surface area contributed by atoms with Crippen LogP contribution in [0.15, 0.2) is 54.7 Å². The highest BCUT2D eigenvalue weighted by atomic mass is 16.7. The highest BCUT2D eigenvalue weighted by molar-refractivity contribution is 5.88. The molecular formula is C25H26N2O5. The molecule has 1 aromatic heterocycles. The fourth-order valence-electron chi connectivity index (χ4n) is 3.81. The average molecular weight is 434 g/mol. The highest BCUT2D eigenvalue weighted by Gasteiger charge is 2.20. The van der Waals surface area contributed by atoms with Gasteiger partial charge in [0.2, 0.25) is 0 Å². The van der Waals surface area contributed by atoms with Crippen LogP contribution in [0.1, 0.15) is 11.1 Å². The van der Waals surface area contributed by atoms with E-state index in [1.165, 1.54) is 0 Å². The van der Waals surface area contributed by atoms with Gasteiger partial charge in [-0.15, -0.1) is 0 Å². The molecular weight excluding hydrogens is 408 g/mol. The lowest BCUT2D eigenvalue weighted by Gasteiger charge is -2.28. The van der Waals surface area contributed by atoms with Crippen LogP contribution in [-0.2, 0) is 16.0 Å². The molecule has 166 valence electrons. The number of ether oxygens (including phenoxy) is 5. The van der Waals surface area contributed by atoms with Crippen LogP contribution in [0.4, 0.5) is 0 Å². The Bertz CT molecular complexity index is 1110. The molecule has 0 unspecified atom stereocenters. The van der Waals surface area contributed by atoms with Crippen LogP contribution in [0.3, 0.4) is 0 Å². The topological polar surface area (TPSA) is 71.1 Å². The van der Waals surface area contributed by atoms with Crippen molar-refractivity contribution < 1.29 is 23.7 Å². The Morgan fingerprint density at radius 3 is 2.72 bits per heavy atom. The van der Waals surface area contributed by atoms with Crippen LogP contribution in [0.2, 0.25) is 0 Å². The maximum atomic E-state index is 5.89. The normalized spacial score (nSPS) is 20.5. The molecule has 0 atom stereocenters. The van der Waals surface area contributed by atoms with Gasteiger partial charge in [0.15, 0.2) is 17.8 Å². The number of pyridine rings is 1. The van der Waals surface area contributed by atoms with E-state index in [4.69, 9.17) is 23.7 Å². The second kappa shape index (κ2) is 9.56. The predicted octanol–water partition coefficient (Wildman–Crippen LogP) is 3.56. The molecule has 0 aliphatic carbocycles. The molecule has 2 aromatic carbocycles. The third kappa shape index (κ3) is 4.70. The molecule has 1 N–H and O–H groups in total. The summed E-state index contributed by atoms with van der Waals surface area (Å²) in [7, 11) is 1.66. The van der Waals surface area contributed by atoms with Crippen molar-refractivity contribution in [3.8, 4) is 17.2 Å². The summed E-state index contributed by atoms with van der Waals surface area (Å²) < 4.78 is 28.4. The Hall–Kier alpha value is -3.13. The smallest absolute Gasteiger partial charge is 0.177 e. The van der Waals surface area contributed by atoms with E-state index in [0.29, 0.717) is 33.0 Å². The van der Waals surface area contributed by atoms with Crippen LogP contribution in [0.25, 0.3) is 17.0 Å². The largest absolute Gasteiger partial charge is 0.497 e. The van der Waals surface area contributed by atoms with E-state index in [0.717, 1.165) is 39.3 Å². The lowest BCUT2D eigenvalue weighted by Crippen LogP contribution is -2.43. The molecule has 2 aliphatic rings. The van der Waals surface area contributed by atoms with Gasteiger partial charge in [-0.2, -0.15) is 0 Å². The number of rotatable bonds is 6. The zero-order chi connectivity index (χ0) is 21.8. The molecule has 5 rings (SSSR count). The van der Waals surface area contributed by atoms with Gasteiger partial charge in [0, 0.05) is 18.1 Å². The number of aromatic nitrogens is 1. The molecule has 3 heterocycles. The molecule has 32 heavy (non-hydrogen) atoms. The third-order valence-electron chi connectivity index (χ3n) is 5.54. The number of hydrogen-bond donors (Lipinski definition) is 1. The van der Waals surface area contributed by atoms with Crippen molar-refractivity contribution in [3.05, 3.63) is 65.9 Å². The number of nitrogens with zero attached hydrogens (tertiary/aromatic N) is 1. The molecule has 3 aromatic rings. The quantitative estimate of drug-likeness (QED) is 0.636. The first-order chi connectivity index (χ1) is 15.8. The summed E-state index contributed by atoms with van der Waals surface area (Å²) in [6.07, 6.45) is 5.37. The minimum absolute atomic E-state index is 0.124. The Balaban J connectivity index is 1.15. The monoisotopic (exact) mass is 434 g/mol. The molecule has 7 nitrogen and oxygen atoms in total. The van der Waals surface area contributed by atoms with Crippen LogP contribution in [-0.4, -0.2) is 50.9 Å². The van der Waals surface area contributed by atoms with E-state index in [2.05, 4.69) is 10.3 Å². The molecule has 0 amide bonds. The van der Waals surface area contributed by atoms with Crippen molar-refractivity contribution in [2.75, 3.05) is 33.5 Å². The highest BCUT2D eigenvalue weighted by Crippen LogP contribution is 2.30. The first-order valence-electron chi connectivity index (χ1n) is 10.7. The lowest BCUT2D eigenvalue weighted by molar-refractivity contribution is -0.162. The fourth-order valence-corrected chi connectivity index (χ4v) is 3.81. The number of fused-ring (bicyclic) bond motifs is 2. The van der Waals surface area contributed by atoms with Crippen molar-refractivity contribution in [2.24, 2.45) is 0 Å². The maximum absolute atomic E-state index is 5.89. The Morgan fingerprint density at radius 1 is 1.03 bits per heavy atom. The molecule has 1 fully saturated rings. The Kier molecular flexibility index (Phi) is 6.20. The minimum Gasteiger partial charge on any atom is -0.497 e. The lowest BCUT2D eigenvalue weighted by atomic mass is 10.1. The minimum atomic E-state index is -0.379. The van der Waals surface area contributed by atoms with Gasteiger partial charge in [0.1, 0.15) is 19.0 Å². The second-order valence-corrected chi connectivity index (χ2v) is 7.73. The van der Waals surface area contributed by atoms with E-state index in [9.17, 15) is 0 Å².